The van der Waals surface area contributed by atoms with Crippen molar-refractivity contribution in [2.75, 3.05) is 0 Å². The van der Waals surface area contributed by atoms with Gasteiger partial charge in [0.2, 0.25) is 0 Å². The van der Waals surface area contributed by atoms with Crippen LogP contribution in [0.4, 0.5) is 0 Å². The minimum absolute atomic E-state index is 0.0396. The molecule has 0 aliphatic carbocycles. The molecule has 3 nitrogen and oxygen atoms in total. The van der Waals surface area contributed by atoms with Crippen molar-refractivity contribution in [1.29, 1.82) is 0 Å². The number of pyridine rings is 1. The Balaban J connectivity index is 2.81. The van der Waals surface area contributed by atoms with Gasteiger partial charge in [-0.25, -0.2) is 4.98 Å². The third kappa shape index (κ3) is 1.78. The van der Waals surface area contributed by atoms with E-state index in [0.29, 0.717) is 0 Å². The van der Waals surface area contributed by atoms with Crippen LogP contribution in [0.25, 0.3) is 5.69 Å². The van der Waals surface area contributed by atoms with Gasteiger partial charge in [-0.2, -0.15) is 0 Å². The minimum atomic E-state index is -2.72. The number of nitrogens with zero attached hydrogens (tertiary/aromatic N) is 3. The molecule has 0 amide bonds. The maximum absolute atomic E-state index is 7.87. The molecule has 2 aromatic rings. The molecule has 2 heterocycles. The number of halogens is 1. The van der Waals surface area contributed by atoms with Crippen LogP contribution >= 0.6 is 15.9 Å². The quantitative estimate of drug-likeness (QED) is 0.773. The average Bonchev–Trinajstić information content (AvgIpc) is 2.59. The van der Waals surface area contributed by atoms with Crippen LogP contribution < -0.4 is 0 Å². The van der Waals surface area contributed by atoms with E-state index in [1.165, 1.54) is 0 Å². The van der Waals surface area contributed by atoms with Gasteiger partial charge in [-0.05, 0) is 34.9 Å². The van der Waals surface area contributed by atoms with Crippen LogP contribution in [0.3, 0.4) is 0 Å². The first-order chi connectivity index (χ1) is 9.55. The van der Waals surface area contributed by atoms with Crippen LogP contribution in [0.2, 0.25) is 0 Å². The van der Waals surface area contributed by atoms with E-state index in [2.05, 4.69) is 25.9 Å². The van der Waals surface area contributed by atoms with E-state index in [-0.39, 0.29) is 16.5 Å². The number of aromatic nitrogens is 3. The molecule has 0 fully saturated rings. The lowest BCUT2D eigenvalue weighted by Crippen LogP contribution is -1.91. The standard InChI is InChI=1S/C9H8BrN3/c1-7-2-3-8(4-11-7)13-5-9(10)12-6-13/h2-6H,1H3/i1D3,2D,3D,4D,5D,6D. The Morgan fingerprint density at radius 1 is 1.54 bits per heavy atom. The summed E-state index contributed by atoms with van der Waals surface area (Å²) in [6.45, 7) is -2.72. The van der Waals surface area contributed by atoms with Crippen molar-refractivity contribution in [2.24, 2.45) is 0 Å². The lowest BCUT2D eigenvalue weighted by molar-refractivity contribution is 1.03. The highest BCUT2D eigenvalue weighted by Crippen LogP contribution is 2.10. The topological polar surface area (TPSA) is 30.7 Å². The maximum atomic E-state index is 7.87. The Hall–Kier alpha value is -1.16. The number of hydrogen-bond donors (Lipinski definition) is 0. The molecule has 0 unspecified atom stereocenters. The predicted molar refractivity (Wildman–Crippen MR) is 53.8 cm³/mol. The van der Waals surface area contributed by atoms with E-state index in [1.807, 2.05) is 0 Å². The van der Waals surface area contributed by atoms with Gasteiger partial charge in [0.1, 0.15) is 12.3 Å². The van der Waals surface area contributed by atoms with Crippen LogP contribution in [0.1, 0.15) is 16.7 Å². The molecule has 0 radical (unpaired) electrons. The van der Waals surface area contributed by atoms with Crippen molar-refractivity contribution in [3.05, 3.63) is 41.0 Å². The molecule has 0 saturated carbocycles. The molecule has 13 heavy (non-hydrogen) atoms. The van der Waals surface area contributed by atoms with E-state index in [1.54, 1.807) is 0 Å². The third-order valence-corrected chi connectivity index (χ3v) is 1.60. The summed E-state index contributed by atoms with van der Waals surface area (Å²) in [6, 6.07) is -1.25. The lowest BCUT2D eigenvalue weighted by Gasteiger charge is -2.00. The Kier molecular flexibility index (Phi) is 0.813. The second-order valence-corrected chi connectivity index (χ2v) is 2.87. The molecule has 2 rings (SSSR count). The van der Waals surface area contributed by atoms with Crippen LogP contribution in [0.5, 0.6) is 0 Å². The van der Waals surface area contributed by atoms with Crippen LogP contribution in [0, 0.1) is 6.85 Å². The van der Waals surface area contributed by atoms with Crippen molar-refractivity contribution in [1.82, 2.24) is 14.5 Å². The van der Waals surface area contributed by atoms with Crippen LogP contribution in [-0.4, -0.2) is 14.5 Å². The summed E-state index contributed by atoms with van der Waals surface area (Å²) < 4.78 is 61.4. The van der Waals surface area contributed by atoms with Gasteiger partial charge < -0.3 is 4.57 Å². The van der Waals surface area contributed by atoms with Gasteiger partial charge >= 0.3 is 0 Å². The Bertz CT molecular complexity index is 723. The first kappa shape index (κ1) is 3.20. The minimum Gasteiger partial charge on any atom is -0.304 e. The summed E-state index contributed by atoms with van der Waals surface area (Å²) in [7, 11) is 0. The maximum Gasteiger partial charge on any atom is 0.124 e. The fourth-order valence-electron chi connectivity index (χ4n) is 0.731. The van der Waals surface area contributed by atoms with E-state index in [0.717, 1.165) is 4.57 Å². The van der Waals surface area contributed by atoms with Gasteiger partial charge in [-0.1, -0.05) is 0 Å². The van der Waals surface area contributed by atoms with E-state index >= 15 is 0 Å². The summed E-state index contributed by atoms with van der Waals surface area (Å²) >= 11 is 2.96. The van der Waals surface area contributed by atoms with Crippen molar-refractivity contribution >= 4 is 15.9 Å². The normalized spacial score (nSPS) is 20.1. The predicted octanol–water partition coefficient (Wildman–Crippen LogP) is 2.34. The molecule has 0 atom stereocenters. The number of aryl methyl sites for hydroxylation is 1. The fraction of sp³-hybridized carbons (Fsp3) is 0.111. The van der Waals surface area contributed by atoms with Crippen molar-refractivity contribution in [2.45, 2.75) is 6.85 Å². The second-order valence-electron chi connectivity index (χ2n) is 2.12. The van der Waals surface area contributed by atoms with Gasteiger partial charge in [-0.15, -0.1) is 0 Å². The van der Waals surface area contributed by atoms with Crippen LogP contribution in [-0.2, 0) is 0 Å². The summed E-state index contributed by atoms with van der Waals surface area (Å²) in [5.74, 6) is 0. The van der Waals surface area contributed by atoms with E-state index < -0.39 is 37.1 Å². The van der Waals surface area contributed by atoms with Crippen molar-refractivity contribution in [3.8, 4) is 5.69 Å². The lowest BCUT2D eigenvalue weighted by atomic mass is 10.3. The molecule has 0 N–H and O–H groups in total. The molecular weight excluding hydrogens is 230 g/mol. The molecule has 0 saturated heterocycles. The number of hydrogen-bond acceptors (Lipinski definition) is 2. The van der Waals surface area contributed by atoms with Gasteiger partial charge in [0.15, 0.2) is 0 Å². The third-order valence-electron chi connectivity index (χ3n) is 1.25. The first-order valence-corrected chi connectivity index (χ1v) is 4.05. The smallest absolute Gasteiger partial charge is 0.124 e. The summed E-state index contributed by atoms with van der Waals surface area (Å²) in [4.78, 5) is 7.20. The molecule has 0 aliphatic rings. The molecule has 0 aliphatic heterocycles. The van der Waals surface area contributed by atoms with E-state index in [9.17, 15) is 0 Å². The van der Waals surface area contributed by atoms with Crippen molar-refractivity contribution < 1.29 is 11.0 Å². The number of imidazole rings is 1. The molecule has 4 heteroatoms. The zero-order valence-corrected chi connectivity index (χ0v) is 7.81. The molecule has 2 aromatic heterocycles. The summed E-state index contributed by atoms with van der Waals surface area (Å²) in [5, 5.41) is 0. The Morgan fingerprint density at radius 2 is 2.46 bits per heavy atom. The monoisotopic (exact) mass is 245 g/mol. The van der Waals surface area contributed by atoms with Gasteiger partial charge in [0.05, 0.1) is 17.3 Å². The highest BCUT2D eigenvalue weighted by atomic mass is 79.9. The summed E-state index contributed by atoms with van der Waals surface area (Å²) in [5.41, 5.74) is -0.973. The zero-order valence-electron chi connectivity index (χ0n) is 14.2. The first-order valence-electron chi connectivity index (χ1n) is 7.25. The second kappa shape index (κ2) is 3.30. The molecule has 0 bridgehead atoms. The highest BCUT2D eigenvalue weighted by Gasteiger charge is 1.97. The average molecular weight is 246 g/mol. The van der Waals surface area contributed by atoms with Gasteiger partial charge in [0.25, 0.3) is 0 Å². The van der Waals surface area contributed by atoms with Gasteiger partial charge in [0, 0.05) is 16.0 Å². The van der Waals surface area contributed by atoms with Crippen LogP contribution in [0.15, 0.2) is 35.3 Å². The Morgan fingerprint density at radius 3 is 3.15 bits per heavy atom. The number of rotatable bonds is 1. The fourth-order valence-corrected chi connectivity index (χ4v) is 0.988. The SMILES string of the molecule is [2H]c1nc(C([2H])([2H])[2H])c([2H])c([2H])c1-n1c([2H])nc(Br)c1[2H]. The van der Waals surface area contributed by atoms with Crippen molar-refractivity contribution in [3.63, 3.8) is 0 Å². The zero-order chi connectivity index (χ0) is 16.1. The van der Waals surface area contributed by atoms with E-state index in [4.69, 9.17) is 11.0 Å². The largest absolute Gasteiger partial charge is 0.304 e. The molecule has 66 valence electrons. The molecule has 0 spiro atoms. The van der Waals surface area contributed by atoms with Gasteiger partial charge in [-0.3, -0.25) is 4.98 Å². The molecule has 0 aromatic carbocycles. The Labute approximate surface area is 95.8 Å². The highest BCUT2D eigenvalue weighted by molar-refractivity contribution is 9.10. The summed E-state index contributed by atoms with van der Waals surface area (Å²) in [6.07, 6.45) is -1.31. The molecular formula is C9H8BrN3.